The number of piperazine rings is 1. The smallest absolute Gasteiger partial charge is 0.335 e. The van der Waals surface area contributed by atoms with Gasteiger partial charge in [0.2, 0.25) is 0 Å². The van der Waals surface area contributed by atoms with Gasteiger partial charge in [-0.2, -0.15) is 0 Å². The predicted octanol–water partition coefficient (Wildman–Crippen LogP) is 2.09. The van der Waals surface area contributed by atoms with Gasteiger partial charge in [0, 0.05) is 37.5 Å². The molecule has 0 atom stereocenters. The first-order valence-electron chi connectivity index (χ1n) is 8.67. The highest BCUT2D eigenvalue weighted by molar-refractivity contribution is 8.15. The molecule has 2 amide bonds. The van der Waals surface area contributed by atoms with E-state index < -0.39 is 5.97 Å². The lowest BCUT2D eigenvalue weighted by molar-refractivity contribution is 0.0697. The third kappa shape index (κ3) is 4.49. The van der Waals surface area contributed by atoms with E-state index in [0.717, 1.165) is 30.4 Å². The van der Waals surface area contributed by atoms with Crippen molar-refractivity contribution in [3.8, 4) is 0 Å². The topological polar surface area (TPSA) is 85.2 Å². The Labute approximate surface area is 157 Å². The first-order valence-corrected chi connectivity index (χ1v) is 9.49. The maximum Gasteiger partial charge on any atom is 0.335 e. The molecule has 1 aromatic carbocycles. The molecule has 0 bridgehead atoms. The molecule has 0 aliphatic carbocycles. The number of aromatic carboxylic acids is 1. The van der Waals surface area contributed by atoms with E-state index in [4.69, 9.17) is 5.11 Å². The van der Waals surface area contributed by atoms with E-state index in [1.165, 1.54) is 0 Å². The molecule has 0 aromatic heterocycles. The Kier molecular flexibility index (Phi) is 5.41. The van der Waals surface area contributed by atoms with E-state index in [-0.39, 0.29) is 16.3 Å². The molecular formula is C18H24N4O3S. The number of urea groups is 1. The van der Waals surface area contributed by atoms with Crippen molar-refractivity contribution in [3.63, 3.8) is 0 Å². The molecule has 3 rings (SSSR count). The van der Waals surface area contributed by atoms with Crippen molar-refractivity contribution in [2.75, 3.05) is 32.7 Å². The first kappa shape index (κ1) is 18.6. The number of rotatable bonds is 3. The van der Waals surface area contributed by atoms with Gasteiger partial charge >= 0.3 is 12.0 Å². The van der Waals surface area contributed by atoms with Crippen LogP contribution in [0.25, 0.3) is 0 Å². The summed E-state index contributed by atoms with van der Waals surface area (Å²) in [5, 5.41) is 12.9. The number of amides is 2. The second-order valence-corrected chi connectivity index (χ2v) is 8.77. The van der Waals surface area contributed by atoms with Gasteiger partial charge in [0.1, 0.15) is 0 Å². The minimum Gasteiger partial charge on any atom is -0.478 e. The molecule has 0 radical (unpaired) electrons. The summed E-state index contributed by atoms with van der Waals surface area (Å²) in [5.74, 6) is -0.952. The number of nitrogens with one attached hydrogen (secondary N) is 1. The number of benzene rings is 1. The van der Waals surface area contributed by atoms with Crippen LogP contribution in [0.15, 0.2) is 29.3 Å². The van der Waals surface area contributed by atoms with Crippen LogP contribution in [-0.4, -0.2) is 69.5 Å². The lowest BCUT2D eigenvalue weighted by Gasteiger charge is -2.36. The zero-order valence-electron chi connectivity index (χ0n) is 15.1. The molecule has 140 valence electrons. The fourth-order valence-corrected chi connectivity index (χ4v) is 3.95. The Morgan fingerprint density at radius 3 is 2.38 bits per heavy atom. The number of carbonyl (C=O) groups excluding carboxylic acids is 1. The van der Waals surface area contributed by atoms with Crippen molar-refractivity contribution >= 4 is 28.9 Å². The summed E-state index contributed by atoms with van der Waals surface area (Å²) in [4.78, 5) is 31.9. The Morgan fingerprint density at radius 1 is 1.19 bits per heavy atom. The van der Waals surface area contributed by atoms with Crippen molar-refractivity contribution in [2.45, 2.75) is 25.1 Å². The third-order valence-corrected chi connectivity index (χ3v) is 5.70. The number of aliphatic imine (C=N–C) groups is 1. The lowest BCUT2D eigenvalue weighted by atomic mass is 10.1. The fourth-order valence-electron chi connectivity index (χ4n) is 2.89. The lowest BCUT2D eigenvalue weighted by Crippen LogP contribution is -2.52. The standard InChI is InChI=1S/C18H24N4O3S/c1-18(2)12-20-17(26-18)22-9-7-21(8-10-22)16(25)19-11-13-3-5-14(6-4-13)15(23)24/h3-6H,7-12H2,1-2H3,(H,19,25)(H,23,24). The molecule has 0 saturated carbocycles. The summed E-state index contributed by atoms with van der Waals surface area (Å²) >= 11 is 1.81. The number of thioether (sulfide) groups is 1. The zero-order valence-corrected chi connectivity index (χ0v) is 15.9. The Hall–Kier alpha value is -2.22. The second-order valence-electron chi connectivity index (χ2n) is 7.10. The van der Waals surface area contributed by atoms with Crippen LogP contribution < -0.4 is 5.32 Å². The highest BCUT2D eigenvalue weighted by Gasteiger charge is 2.32. The highest BCUT2D eigenvalue weighted by Crippen LogP contribution is 2.33. The monoisotopic (exact) mass is 376 g/mol. The van der Waals surface area contributed by atoms with Gasteiger partial charge in [-0.1, -0.05) is 23.9 Å². The van der Waals surface area contributed by atoms with Crippen molar-refractivity contribution in [3.05, 3.63) is 35.4 Å². The Morgan fingerprint density at radius 2 is 1.85 bits per heavy atom. The van der Waals surface area contributed by atoms with Crippen LogP contribution in [0.3, 0.4) is 0 Å². The van der Waals surface area contributed by atoms with E-state index in [2.05, 4.69) is 29.1 Å². The van der Waals surface area contributed by atoms with E-state index >= 15 is 0 Å². The maximum atomic E-state index is 12.3. The molecule has 2 N–H and O–H groups in total. The minimum atomic E-state index is -0.952. The highest BCUT2D eigenvalue weighted by atomic mass is 32.2. The normalized spacial score (nSPS) is 19.2. The van der Waals surface area contributed by atoms with E-state index in [1.807, 2.05) is 16.7 Å². The minimum absolute atomic E-state index is 0.0895. The van der Waals surface area contributed by atoms with E-state index in [0.29, 0.717) is 19.6 Å². The van der Waals surface area contributed by atoms with Crippen LogP contribution >= 0.6 is 11.8 Å². The molecule has 1 saturated heterocycles. The van der Waals surface area contributed by atoms with Crippen molar-refractivity contribution in [2.24, 2.45) is 4.99 Å². The molecule has 1 fully saturated rings. The summed E-state index contributed by atoms with van der Waals surface area (Å²) < 4.78 is 0.167. The molecule has 8 heteroatoms. The van der Waals surface area contributed by atoms with Crippen LogP contribution in [0.4, 0.5) is 4.79 Å². The second kappa shape index (κ2) is 7.57. The van der Waals surface area contributed by atoms with Crippen LogP contribution in [0, 0.1) is 0 Å². The molecule has 26 heavy (non-hydrogen) atoms. The van der Waals surface area contributed by atoms with Crippen molar-refractivity contribution < 1.29 is 14.7 Å². The van der Waals surface area contributed by atoms with Crippen LogP contribution in [0.5, 0.6) is 0 Å². The number of nitrogens with zero attached hydrogens (tertiary/aromatic N) is 3. The largest absolute Gasteiger partial charge is 0.478 e. The van der Waals surface area contributed by atoms with Crippen LogP contribution in [0.1, 0.15) is 29.8 Å². The number of amidine groups is 1. The van der Waals surface area contributed by atoms with Gasteiger partial charge in [0.25, 0.3) is 0 Å². The number of carbonyl (C=O) groups is 2. The summed E-state index contributed by atoms with van der Waals surface area (Å²) in [7, 11) is 0. The van der Waals surface area contributed by atoms with Gasteiger partial charge in [-0.05, 0) is 31.5 Å². The third-order valence-electron chi connectivity index (χ3n) is 4.44. The molecule has 2 heterocycles. The number of hydrogen-bond acceptors (Lipinski definition) is 5. The average molecular weight is 376 g/mol. The molecule has 0 unspecified atom stereocenters. The number of carboxylic acid groups (broad SMARTS) is 1. The molecule has 1 aromatic rings. The van der Waals surface area contributed by atoms with E-state index in [1.54, 1.807) is 24.3 Å². The van der Waals surface area contributed by atoms with Crippen molar-refractivity contribution in [1.29, 1.82) is 0 Å². The van der Waals surface area contributed by atoms with Gasteiger partial charge in [0.15, 0.2) is 5.17 Å². The predicted molar refractivity (Wildman–Crippen MR) is 103 cm³/mol. The number of carboxylic acids is 1. The SMILES string of the molecule is CC1(C)CN=C(N2CCN(C(=O)NCc3ccc(C(=O)O)cc3)CC2)S1. The van der Waals surface area contributed by atoms with Gasteiger partial charge < -0.3 is 20.2 Å². The molecular weight excluding hydrogens is 352 g/mol. The molecule has 2 aliphatic heterocycles. The Balaban J connectivity index is 1.44. The van der Waals surface area contributed by atoms with E-state index in [9.17, 15) is 9.59 Å². The quantitative estimate of drug-likeness (QED) is 0.844. The van der Waals surface area contributed by atoms with Gasteiger partial charge in [0.05, 0.1) is 12.1 Å². The first-order chi connectivity index (χ1) is 12.3. The fraction of sp³-hybridized carbons (Fsp3) is 0.500. The van der Waals surface area contributed by atoms with Gasteiger partial charge in [-0.15, -0.1) is 0 Å². The summed E-state index contributed by atoms with van der Waals surface area (Å²) in [5.41, 5.74) is 1.12. The summed E-state index contributed by atoms with van der Waals surface area (Å²) in [6.07, 6.45) is 0. The molecule has 7 nitrogen and oxygen atoms in total. The van der Waals surface area contributed by atoms with Gasteiger partial charge in [-0.25, -0.2) is 9.59 Å². The molecule has 0 spiro atoms. The van der Waals surface area contributed by atoms with Gasteiger partial charge in [-0.3, -0.25) is 4.99 Å². The zero-order chi connectivity index (χ0) is 18.7. The summed E-state index contributed by atoms with van der Waals surface area (Å²) in [6, 6.07) is 6.44. The number of hydrogen-bond donors (Lipinski definition) is 2. The summed E-state index contributed by atoms with van der Waals surface area (Å²) in [6.45, 7) is 8.55. The Bertz CT molecular complexity index is 710. The van der Waals surface area contributed by atoms with Crippen LogP contribution in [-0.2, 0) is 6.54 Å². The average Bonchev–Trinajstić information content (AvgIpc) is 3.00. The maximum absolute atomic E-state index is 12.3. The van der Waals surface area contributed by atoms with Crippen molar-refractivity contribution in [1.82, 2.24) is 15.1 Å². The van der Waals surface area contributed by atoms with Crippen LogP contribution in [0.2, 0.25) is 0 Å². The molecule has 2 aliphatic rings.